The quantitative estimate of drug-likeness (QED) is 0.503. The maximum atomic E-state index is 10.7. The summed E-state index contributed by atoms with van der Waals surface area (Å²) in [6, 6.07) is 12.8. The third-order valence-electron chi connectivity index (χ3n) is 4.54. The fraction of sp³-hybridized carbons (Fsp3) is 0.238. The summed E-state index contributed by atoms with van der Waals surface area (Å²) in [5, 5.41) is 24.1. The van der Waals surface area contributed by atoms with Crippen LogP contribution in [-0.2, 0) is 4.79 Å². The first-order valence-electron chi connectivity index (χ1n) is 8.95. The molecule has 0 fully saturated rings. The largest absolute Gasteiger partial charge is 0.493 e. The van der Waals surface area contributed by atoms with Crippen molar-refractivity contribution in [2.24, 2.45) is 0 Å². The molecule has 0 atom stereocenters. The lowest BCUT2D eigenvalue weighted by atomic mass is 10.0. The van der Waals surface area contributed by atoms with E-state index in [1.165, 1.54) is 4.68 Å². The molecule has 142 valence electrons. The van der Waals surface area contributed by atoms with Gasteiger partial charge in [0.2, 0.25) is 5.88 Å². The summed E-state index contributed by atoms with van der Waals surface area (Å²) in [6.45, 7) is 2.58. The minimum atomic E-state index is 0.00166. The van der Waals surface area contributed by atoms with Crippen LogP contribution < -0.4 is 4.90 Å². The molecule has 28 heavy (non-hydrogen) atoms. The lowest BCUT2D eigenvalue weighted by molar-refractivity contribution is -0.107. The zero-order valence-corrected chi connectivity index (χ0v) is 15.8. The Hall–Kier alpha value is -3.66. The molecule has 0 aliphatic heterocycles. The Kier molecular flexibility index (Phi) is 5.70. The van der Waals surface area contributed by atoms with E-state index in [0.717, 1.165) is 30.5 Å². The minimum absolute atomic E-state index is 0.00166. The number of anilines is 1. The summed E-state index contributed by atoms with van der Waals surface area (Å²) < 4.78 is 1.40. The van der Waals surface area contributed by atoms with Crippen LogP contribution in [0.3, 0.4) is 0 Å². The molecule has 2 heterocycles. The Morgan fingerprint density at radius 3 is 2.61 bits per heavy atom. The van der Waals surface area contributed by atoms with Crippen LogP contribution in [0.5, 0.6) is 5.88 Å². The Balaban J connectivity index is 1.86. The third-order valence-corrected chi connectivity index (χ3v) is 4.54. The fourth-order valence-electron chi connectivity index (χ4n) is 2.99. The van der Waals surface area contributed by atoms with Crippen molar-refractivity contribution in [1.29, 1.82) is 5.26 Å². The molecule has 0 spiro atoms. The van der Waals surface area contributed by atoms with Gasteiger partial charge in [-0.2, -0.15) is 15.0 Å². The van der Waals surface area contributed by atoms with E-state index in [0.29, 0.717) is 29.1 Å². The molecule has 0 aliphatic carbocycles. The van der Waals surface area contributed by atoms with Gasteiger partial charge in [-0.25, -0.2) is 4.98 Å². The second-order valence-corrected chi connectivity index (χ2v) is 6.49. The maximum Gasteiger partial charge on any atom is 0.223 e. The van der Waals surface area contributed by atoms with Gasteiger partial charge in [0.25, 0.3) is 0 Å². The first kappa shape index (κ1) is 19.1. The van der Waals surface area contributed by atoms with Crippen LogP contribution in [0.25, 0.3) is 16.9 Å². The molecule has 3 rings (SSSR count). The molecule has 0 bridgehead atoms. The molecular weight excluding hydrogens is 354 g/mol. The van der Waals surface area contributed by atoms with E-state index in [9.17, 15) is 9.90 Å². The van der Waals surface area contributed by atoms with Crippen molar-refractivity contribution in [3.63, 3.8) is 0 Å². The minimum Gasteiger partial charge on any atom is -0.493 e. The van der Waals surface area contributed by atoms with Crippen LogP contribution in [0.1, 0.15) is 24.1 Å². The van der Waals surface area contributed by atoms with Gasteiger partial charge in [0.05, 0.1) is 34.8 Å². The monoisotopic (exact) mass is 375 g/mol. The molecule has 2 aromatic heterocycles. The molecule has 7 nitrogen and oxygen atoms in total. The lowest BCUT2D eigenvalue weighted by Crippen LogP contribution is -2.18. The number of hydrogen-bond donors (Lipinski definition) is 1. The SMILES string of the molecule is Cc1nn(-c2ccc(N(C)CCCC=O)cn2)c(O)c1-c1ccc(C#N)cc1. The van der Waals surface area contributed by atoms with Crippen LogP contribution in [0.4, 0.5) is 5.69 Å². The van der Waals surface area contributed by atoms with Crippen LogP contribution in [0.15, 0.2) is 42.6 Å². The number of pyridine rings is 1. The van der Waals surface area contributed by atoms with E-state index >= 15 is 0 Å². The number of hydrogen-bond acceptors (Lipinski definition) is 6. The van der Waals surface area contributed by atoms with Crippen molar-refractivity contribution >= 4 is 12.0 Å². The lowest BCUT2D eigenvalue weighted by Gasteiger charge is -2.18. The summed E-state index contributed by atoms with van der Waals surface area (Å²) in [5.41, 5.74) is 3.54. The standard InChI is InChI=1S/C21H21N5O2/c1-15-20(17-7-5-16(13-22)6-8-17)21(28)26(24-15)19-10-9-18(14-23-19)25(2)11-3-4-12-27/h5-10,12,14,28H,3-4,11H2,1-2H3. The smallest absolute Gasteiger partial charge is 0.223 e. The first-order valence-corrected chi connectivity index (χ1v) is 8.95. The fourth-order valence-corrected chi connectivity index (χ4v) is 2.99. The number of rotatable bonds is 7. The number of nitrogens with zero attached hydrogens (tertiary/aromatic N) is 5. The molecule has 7 heteroatoms. The van der Waals surface area contributed by atoms with Crippen LogP contribution in [-0.4, -0.2) is 39.7 Å². The molecule has 1 aromatic carbocycles. The summed E-state index contributed by atoms with van der Waals surface area (Å²) >= 11 is 0. The number of nitriles is 1. The van der Waals surface area contributed by atoms with Crippen molar-refractivity contribution in [3.05, 3.63) is 53.9 Å². The second-order valence-electron chi connectivity index (χ2n) is 6.49. The van der Waals surface area contributed by atoms with Gasteiger partial charge < -0.3 is 14.8 Å². The van der Waals surface area contributed by atoms with E-state index in [1.54, 1.807) is 36.5 Å². The molecule has 0 aliphatic rings. The van der Waals surface area contributed by atoms with Gasteiger partial charge in [-0.15, -0.1) is 0 Å². The number of aromatic nitrogens is 3. The summed E-state index contributed by atoms with van der Waals surface area (Å²) in [5.74, 6) is 0.507. The van der Waals surface area contributed by atoms with Crippen LogP contribution in [0.2, 0.25) is 0 Å². The Bertz CT molecular complexity index is 1000. The normalized spacial score (nSPS) is 10.5. The van der Waals surface area contributed by atoms with Gasteiger partial charge in [-0.1, -0.05) is 12.1 Å². The molecule has 0 unspecified atom stereocenters. The number of aromatic hydroxyl groups is 1. The van der Waals surface area contributed by atoms with E-state index in [4.69, 9.17) is 5.26 Å². The highest BCUT2D eigenvalue weighted by Crippen LogP contribution is 2.34. The highest BCUT2D eigenvalue weighted by Gasteiger charge is 2.18. The van der Waals surface area contributed by atoms with Crippen LogP contribution in [0, 0.1) is 18.3 Å². The predicted molar refractivity (Wildman–Crippen MR) is 106 cm³/mol. The van der Waals surface area contributed by atoms with E-state index in [2.05, 4.69) is 16.2 Å². The van der Waals surface area contributed by atoms with Gasteiger partial charge in [0, 0.05) is 20.0 Å². The average molecular weight is 375 g/mol. The van der Waals surface area contributed by atoms with Gasteiger partial charge in [0.15, 0.2) is 5.82 Å². The summed E-state index contributed by atoms with van der Waals surface area (Å²) in [4.78, 5) is 16.9. The van der Waals surface area contributed by atoms with Gasteiger partial charge >= 0.3 is 0 Å². The molecule has 0 saturated carbocycles. The molecule has 0 radical (unpaired) electrons. The molecule has 0 saturated heterocycles. The van der Waals surface area contributed by atoms with Crippen molar-refractivity contribution in [2.75, 3.05) is 18.5 Å². The first-order chi connectivity index (χ1) is 13.5. The van der Waals surface area contributed by atoms with Crippen molar-refractivity contribution in [2.45, 2.75) is 19.8 Å². The average Bonchev–Trinajstić information content (AvgIpc) is 3.02. The van der Waals surface area contributed by atoms with Crippen molar-refractivity contribution in [3.8, 4) is 28.9 Å². The van der Waals surface area contributed by atoms with Crippen molar-refractivity contribution < 1.29 is 9.90 Å². The molecular formula is C21H21N5O2. The Labute approximate surface area is 163 Å². The van der Waals surface area contributed by atoms with E-state index < -0.39 is 0 Å². The number of aldehydes is 1. The predicted octanol–water partition coefficient (Wildman–Crippen LogP) is 3.24. The van der Waals surface area contributed by atoms with Crippen LogP contribution >= 0.6 is 0 Å². The number of carbonyl (C=O) groups excluding carboxylic acids is 1. The second kappa shape index (κ2) is 8.35. The molecule has 3 aromatic rings. The molecule has 0 amide bonds. The highest BCUT2D eigenvalue weighted by molar-refractivity contribution is 5.72. The number of benzene rings is 1. The third kappa shape index (κ3) is 3.86. The topological polar surface area (TPSA) is 95.0 Å². The van der Waals surface area contributed by atoms with Crippen molar-refractivity contribution in [1.82, 2.24) is 14.8 Å². The maximum absolute atomic E-state index is 10.7. The number of unbranched alkanes of at least 4 members (excludes halogenated alkanes) is 1. The number of carbonyl (C=O) groups is 1. The summed E-state index contributed by atoms with van der Waals surface area (Å²) in [7, 11) is 1.94. The Morgan fingerprint density at radius 1 is 1.25 bits per heavy atom. The van der Waals surface area contributed by atoms with E-state index in [1.807, 2.05) is 24.9 Å². The summed E-state index contributed by atoms with van der Waals surface area (Å²) in [6.07, 6.45) is 3.96. The van der Waals surface area contributed by atoms with E-state index in [-0.39, 0.29) is 5.88 Å². The van der Waals surface area contributed by atoms with Gasteiger partial charge in [-0.3, -0.25) is 0 Å². The van der Waals surface area contributed by atoms with Gasteiger partial charge in [-0.05, 0) is 43.2 Å². The zero-order valence-electron chi connectivity index (χ0n) is 15.8. The zero-order chi connectivity index (χ0) is 20.1. The van der Waals surface area contributed by atoms with Gasteiger partial charge in [0.1, 0.15) is 6.29 Å². The highest BCUT2D eigenvalue weighted by atomic mass is 16.3. The Morgan fingerprint density at radius 2 is 2.00 bits per heavy atom. The number of aryl methyl sites for hydroxylation is 1. The molecule has 1 N–H and O–H groups in total.